The van der Waals surface area contributed by atoms with Gasteiger partial charge in [0.15, 0.2) is 5.84 Å². The number of hydrazone groups is 1. The molecule has 1 aromatic heterocycles. The molecule has 1 aromatic carbocycles. The van der Waals surface area contributed by atoms with Crippen molar-refractivity contribution in [3.63, 3.8) is 0 Å². The molecule has 0 amide bonds. The minimum absolute atomic E-state index is 0.295. The van der Waals surface area contributed by atoms with E-state index in [9.17, 15) is 0 Å². The molecule has 0 fully saturated rings. The van der Waals surface area contributed by atoms with Crippen molar-refractivity contribution in [2.75, 3.05) is 0 Å². The number of amidine groups is 1. The van der Waals surface area contributed by atoms with Crippen molar-refractivity contribution in [3.05, 3.63) is 42.1 Å². The van der Waals surface area contributed by atoms with Gasteiger partial charge in [-0.3, -0.25) is 4.98 Å². The number of para-hydroxylation sites is 1. The first-order valence-corrected chi connectivity index (χ1v) is 4.20. The fourth-order valence-electron chi connectivity index (χ4n) is 1.29. The largest absolute Gasteiger partial charge is 0.382 e. The Morgan fingerprint density at radius 1 is 1.29 bits per heavy atom. The van der Waals surface area contributed by atoms with Gasteiger partial charge in [0, 0.05) is 17.1 Å². The highest BCUT2D eigenvalue weighted by Gasteiger charge is 2.00. The summed E-state index contributed by atoms with van der Waals surface area (Å²) in [6.45, 7) is 0. The predicted octanol–water partition coefficient (Wildman–Crippen LogP) is 0.814. The zero-order valence-corrected chi connectivity index (χ0v) is 7.51. The molecule has 4 heteroatoms. The Labute approximate surface area is 81.2 Å². The summed E-state index contributed by atoms with van der Waals surface area (Å²) in [6, 6.07) is 9.71. The average molecular weight is 186 g/mol. The van der Waals surface area contributed by atoms with E-state index < -0.39 is 0 Å². The zero-order valence-electron chi connectivity index (χ0n) is 7.51. The van der Waals surface area contributed by atoms with Crippen molar-refractivity contribution in [1.29, 1.82) is 0 Å². The van der Waals surface area contributed by atoms with Crippen molar-refractivity contribution < 1.29 is 0 Å². The first-order chi connectivity index (χ1) is 6.81. The molecule has 0 saturated heterocycles. The third-order valence-corrected chi connectivity index (χ3v) is 2.03. The monoisotopic (exact) mass is 186 g/mol. The number of hydrogen-bond acceptors (Lipinski definition) is 3. The number of hydrogen-bond donors (Lipinski definition) is 2. The van der Waals surface area contributed by atoms with Gasteiger partial charge in [-0.25, -0.2) is 0 Å². The van der Waals surface area contributed by atoms with Gasteiger partial charge in [-0.2, -0.15) is 5.10 Å². The number of aromatic nitrogens is 1. The van der Waals surface area contributed by atoms with E-state index in [1.165, 1.54) is 0 Å². The second-order valence-corrected chi connectivity index (χ2v) is 2.93. The van der Waals surface area contributed by atoms with E-state index in [1.807, 2.05) is 30.3 Å². The highest BCUT2D eigenvalue weighted by atomic mass is 15.2. The molecule has 0 unspecified atom stereocenters. The van der Waals surface area contributed by atoms with E-state index >= 15 is 0 Å². The summed E-state index contributed by atoms with van der Waals surface area (Å²) in [5.74, 6) is 5.38. The molecule has 0 radical (unpaired) electrons. The van der Waals surface area contributed by atoms with Gasteiger partial charge in [0.1, 0.15) is 0 Å². The van der Waals surface area contributed by atoms with Gasteiger partial charge in [-0.05, 0) is 12.1 Å². The van der Waals surface area contributed by atoms with Gasteiger partial charge in [0.05, 0.1) is 5.52 Å². The predicted molar refractivity (Wildman–Crippen MR) is 56.7 cm³/mol. The van der Waals surface area contributed by atoms with Crippen LogP contribution in [0.2, 0.25) is 0 Å². The zero-order chi connectivity index (χ0) is 9.97. The van der Waals surface area contributed by atoms with Crippen LogP contribution < -0.4 is 11.6 Å². The number of nitrogens with two attached hydrogens (primary N) is 2. The quantitative estimate of drug-likeness (QED) is 0.299. The maximum atomic E-state index is 5.57. The van der Waals surface area contributed by atoms with Crippen molar-refractivity contribution in [2.45, 2.75) is 0 Å². The van der Waals surface area contributed by atoms with Crippen LogP contribution in [0.4, 0.5) is 0 Å². The van der Waals surface area contributed by atoms with E-state index in [-0.39, 0.29) is 0 Å². The Morgan fingerprint density at radius 3 is 2.86 bits per heavy atom. The van der Waals surface area contributed by atoms with E-state index in [2.05, 4.69) is 10.1 Å². The lowest BCUT2D eigenvalue weighted by Gasteiger charge is -2.00. The SMILES string of the molecule is N/N=C(/N)c1cnc2ccccc2c1. The summed E-state index contributed by atoms with van der Waals surface area (Å²) < 4.78 is 0. The van der Waals surface area contributed by atoms with Crippen LogP contribution in [-0.4, -0.2) is 10.8 Å². The van der Waals surface area contributed by atoms with Crippen LogP contribution in [0.1, 0.15) is 5.56 Å². The molecule has 0 atom stereocenters. The first kappa shape index (κ1) is 8.50. The van der Waals surface area contributed by atoms with Crippen molar-refractivity contribution in [1.82, 2.24) is 4.98 Å². The summed E-state index contributed by atoms with van der Waals surface area (Å²) in [6.07, 6.45) is 1.66. The fourth-order valence-corrected chi connectivity index (χ4v) is 1.29. The molecule has 4 N–H and O–H groups in total. The maximum Gasteiger partial charge on any atom is 0.151 e. The van der Waals surface area contributed by atoms with Gasteiger partial charge in [0.2, 0.25) is 0 Å². The molecule has 0 bridgehead atoms. The van der Waals surface area contributed by atoms with Crippen LogP contribution in [0.5, 0.6) is 0 Å². The highest BCUT2D eigenvalue weighted by molar-refractivity contribution is 5.99. The molecule has 0 aliphatic heterocycles. The molecule has 4 nitrogen and oxygen atoms in total. The average Bonchev–Trinajstić information content (AvgIpc) is 2.27. The van der Waals surface area contributed by atoms with E-state index in [0.717, 1.165) is 16.5 Å². The van der Waals surface area contributed by atoms with E-state index in [0.29, 0.717) is 5.84 Å². The molecule has 70 valence electrons. The topological polar surface area (TPSA) is 77.3 Å². The first-order valence-electron chi connectivity index (χ1n) is 4.20. The fraction of sp³-hybridized carbons (Fsp3) is 0. The molecular weight excluding hydrogens is 176 g/mol. The molecular formula is C10H10N4. The van der Waals surface area contributed by atoms with Gasteiger partial charge in [-0.1, -0.05) is 18.2 Å². The lowest BCUT2D eigenvalue weighted by molar-refractivity contribution is 1.22. The van der Waals surface area contributed by atoms with Gasteiger partial charge in [-0.15, -0.1) is 0 Å². The summed E-state index contributed by atoms with van der Waals surface area (Å²) in [7, 11) is 0. The molecule has 2 rings (SSSR count). The summed E-state index contributed by atoms with van der Waals surface area (Å²) in [5, 5.41) is 4.44. The van der Waals surface area contributed by atoms with Gasteiger partial charge < -0.3 is 11.6 Å². The Kier molecular flexibility index (Phi) is 2.02. The van der Waals surface area contributed by atoms with E-state index in [1.54, 1.807) is 6.20 Å². The summed E-state index contributed by atoms with van der Waals surface area (Å²) in [4.78, 5) is 4.23. The molecule has 0 spiro atoms. The summed E-state index contributed by atoms with van der Waals surface area (Å²) >= 11 is 0. The van der Waals surface area contributed by atoms with Crippen molar-refractivity contribution in [3.8, 4) is 0 Å². The number of pyridine rings is 1. The third kappa shape index (κ3) is 1.37. The maximum absolute atomic E-state index is 5.57. The Bertz CT molecular complexity index is 490. The molecule has 0 aliphatic rings. The lowest BCUT2D eigenvalue weighted by Crippen LogP contribution is -2.15. The van der Waals surface area contributed by atoms with Crippen LogP contribution in [-0.2, 0) is 0 Å². The second kappa shape index (κ2) is 3.33. The molecule has 0 aliphatic carbocycles. The standard InChI is InChI=1S/C10H10N4/c11-10(14-12)8-5-7-3-1-2-4-9(7)13-6-8/h1-6H,12H2,(H2,11,14). The molecule has 1 heterocycles. The van der Waals surface area contributed by atoms with Crippen LogP contribution in [0, 0.1) is 0 Å². The normalized spacial score (nSPS) is 11.9. The minimum atomic E-state index is 0.295. The summed E-state index contributed by atoms with van der Waals surface area (Å²) in [5.41, 5.74) is 7.24. The number of fused-ring (bicyclic) bond motifs is 1. The van der Waals surface area contributed by atoms with Crippen molar-refractivity contribution >= 4 is 16.7 Å². The van der Waals surface area contributed by atoms with Crippen molar-refractivity contribution in [2.24, 2.45) is 16.7 Å². The number of rotatable bonds is 1. The number of benzene rings is 1. The van der Waals surface area contributed by atoms with Crippen LogP contribution in [0.15, 0.2) is 41.6 Å². The lowest BCUT2D eigenvalue weighted by atomic mass is 10.1. The molecule has 14 heavy (non-hydrogen) atoms. The third-order valence-electron chi connectivity index (χ3n) is 2.03. The number of nitrogens with zero attached hydrogens (tertiary/aromatic N) is 2. The Hall–Kier alpha value is -2.10. The van der Waals surface area contributed by atoms with E-state index in [4.69, 9.17) is 11.6 Å². The molecule has 0 saturated carbocycles. The van der Waals surface area contributed by atoms with Crippen LogP contribution in [0.3, 0.4) is 0 Å². The van der Waals surface area contributed by atoms with Crippen LogP contribution >= 0.6 is 0 Å². The highest BCUT2D eigenvalue weighted by Crippen LogP contribution is 2.12. The smallest absolute Gasteiger partial charge is 0.151 e. The second-order valence-electron chi connectivity index (χ2n) is 2.93. The minimum Gasteiger partial charge on any atom is -0.382 e. The van der Waals surface area contributed by atoms with Crippen LogP contribution in [0.25, 0.3) is 10.9 Å². The Balaban J connectivity index is 2.62. The Morgan fingerprint density at radius 2 is 2.07 bits per heavy atom. The van der Waals surface area contributed by atoms with Gasteiger partial charge >= 0.3 is 0 Å². The van der Waals surface area contributed by atoms with Gasteiger partial charge in [0.25, 0.3) is 0 Å². The molecule has 2 aromatic rings.